The molecule has 0 radical (unpaired) electrons. The zero-order chi connectivity index (χ0) is 32.7. The number of sulfone groups is 1. The molecule has 8 aliphatic rings. The Morgan fingerprint density at radius 1 is 1.00 bits per heavy atom. The van der Waals surface area contributed by atoms with Crippen molar-refractivity contribution in [3.63, 3.8) is 0 Å². The molecule has 13 atom stereocenters. The Labute approximate surface area is 277 Å². The van der Waals surface area contributed by atoms with Crippen LogP contribution in [0.5, 0.6) is 0 Å². The molecule has 0 aromatic rings. The highest BCUT2D eigenvalue weighted by Gasteiger charge is 2.84. The Morgan fingerprint density at radius 3 is 2.43 bits per heavy atom. The van der Waals surface area contributed by atoms with Crippen molar-refractivity contribution in [2.45, 2.75) is 136 Å². The summed E-state index contributed by atoms with van der Waals surface area (Å²) in [4.78, 5) is 14.8. The van der Waals surface area contributed by atoms with Crippen LogP contribution in [-0.2, 0) is 28.8 Å². The summed E-state index contributed by atoms with van der Waals surface area (Å²) in [6.07, 6.45) is 11.7. The van der Waals surface area contributed by atoms with Crippen LogP contribution in [0.1, 0.15) is 105 Å². The number of morpholine rings is 1. The van der Waals surface area contributed by atoms with E-state index in [0.29, 0.717) is 55.2 Å². The van der Waals surface area contributed by atoms with E-state index in [4.69, 9.17) is 14.2 Å². The van der Waals surface area contributed by atoms with E-state index in [1.165, 1.54) is 38.4 Å². The minimum Gasteiger partial charge on any atom is -0.390 e. The van der Waals surface area contributed by atoms with Gasteiger partial charge in [0, 0.05) is 24.6 Å². The molecule has 6 aliphatic carbocycles. The molecule has 9 heteroatoms. The smallest absolute Gasteiger partial charge is 0.223 e. The van der Waals surface area contributed by atoms with E-state index in [1.807, 2.05) is 4.90 Å². The molecule has 0 bridgehead atoms. The van der Waals surface area contributed by atoms with Crippen LogP contribution >= 0.6 is 0 Å². The summed E-state index contributed by atoms with van der Waals surface area (Å²) in [7, 11) is -3.16. The van der Waals surface area contributed by atoms with Crippen molar-refractivity contribution < 1.29 is 32.5 Å². The lowest BCUT2D eigenvalue weighted by Gasteiger charge is -2.64. The second-order valence-corrected chi connectivity index (χ2v) is 20.8. The maximum absolute atomic E-state index is 12.9. The fraction of sp³-hybridized carbons (Fsp3) is 0.973. The molecule has 7 unspecified atom stereocenters. The van der Waals surface area contributed by atoms with E-state index in [1.54, 1.807) is 0 Å². The number of rotatable bonds is 6. The lowest BCUT2D eigenvalue weighted by molar-refractivity contribution is -0.248. The Morgan fingerprint density at radius 2 is 1.72 bits per heavy atom. The van der Waals surface area contributed by atoms with Crippen LogP contribution in [0.15, 0.2) is 0 Å². The fourth-order valence-electron chi connectivity index (χ4n) is 13.9. The molecule has 1 amide bonds. The first-order valence-electron chi connectivity index (χ1n) is 18.6. The second-order valence-electron chi connectivity index (χ2n) is 18.6. The number of hydrogen-bond acceptors (Lipinski definition) is 7. The summed E-state index contributed by atoms with van der Waals surface area (Å²) in [5, 5.41) is 12.3. The van der Waals surface area contributed by atoms with Crippen LogP contribution in [0.4, 0.5) is 0 Å². The Kier molecular flexibility index (Phi) is 7.34. The van der Waals surface area contributed by atoms with Crippen LogP contribution in [0.25, 0.3) is 0 Å². The molecule has 46 heavy (non-hydrogen) atoms. The van der Waals surface area contributed by atoms with Crippen LogP contribution in [0, 0.1) is 56.7 Å². The second kappa shape index (κ2) is 10.4. The lowest BCUT2D eigenvalue weighted by atomic mass is 9.41. The number of amides is 1. The number of aliphatic hydroxyl groups is 1. The van der Waals surface area contributed by atoms with E-state index < -0.39 is 15.9 Å². The number of carbonyl (C=O) groups excluding carboxylic acids is 1. The molecule has 0 aromatic heterocycles. The zero-order valence-electron chi connectivity index (χ0n) is 29.1. The van der Waals surface area contributed by atoms with Crippen LogP contribution in [-0.4, -0.2) is 86.7 Å². The average Bonchev–Trinajstić information content (AvgIpc) is 3.89. The van der Waals surface area contributed by atoms with Gasteiger partial charge >= 0.3 is 0 Å². The van der Waals surface area contributed by atoms with E-state index in [9.17, 15) is 18.3 Å². The van der Waals surface area contributed by atoms with Crippen molar-refractivity contribution in [1.29, 1.82) is 0 Å². The first kappa shape index (κ1) is 32.5. The molecular weight excluding hydrogens is 602 g/mol. The highest BCUT2D eigenvalue weighted by molar-refractivity contribution is 7.90. The van der Waals surface area contributed by atoms with Crippen molar-refractivity contribution in [1.82, 2.24) is 4.90 Å². The van der Waals surface area contributed by atoms with Gasteiger partial charge < -0.3 is 24.2 Å². The molecule has 8 nitrogen and oxygen atoms in total. The van der Waals surface area contributed by atoms with Gasteiger partial charge in [-0.25, -0.2) is 8.42 Å². The van der Waals surface area contributed by atoms with Crippen molar-refractivity contribution >= 4 is 15.7 Å². The molecule has 2 saturated heterocycles. The molecule has 1 N–H and O–H groups in total. The maximum Gasteiger partial charge on any atom is 0.223 e. The van der Waals surface area contributed by atoms with Crippen molar-refractivity contribution in [3.05, 3.63) is 0 Å². The summed E-state index contributed by atoms with van der Waals surface area (Å²) in [6.45, 7) is 13.7. The molecule has 8 rings (SSSR count). The maximum atomic E-state index is 12.9. The van der Waals surface area contributed by atoms with Gasteiger partial charge in [-0.15, -0.1) is 0 Å². The SMILES string of the molecule is C[C@@H]1CC(CS(C)(=O)=O)OC2[C@H]1C1(C)CCC34CC35CCC(O[C@H]3CN(C(=O)CC6CC6)CCO3)C(C)(C)[C@@H]5CCC4[C@]1(C)[C@H]2O. The molecule has 2 spiro atoms. The highest BCUT2D eigenvalue weighted by atomic mass is 32.2. The van der Waals surface area contributed by atoms with Gasteiger partial charge in [-0.1, -0.05) is 34.6 Å². The summed E-state index contributed by atoms with van der Waals surface area (Å²) < 4.78 is 44.0. The quantitative estimate of drug-likeness (QED) is 0.417. The number of carbonyl (C=O) groups is 1. The van der Waals surface area contributed by atoms with Crippen LogP contribution in [0.3, 0.4) is 0 Å². The van der Waals surface area contributed by atoms with E-state index in [0.717, 1.165) is 32.1 Å². The largest absolute Gasteiger partial charge is 0.390 e. The standard InChI is InChI=1S/C37H59NO7S/c1-22-17-24(20-46(6,41)42)44-31-30(22)34(4)13-14-37-21-36(37)12-11-27(33(2,3)25(36)9-10-26(37)35(34,5)32(31)40)45-29-19-38(15-16-43-29)28(39)18-23-7-8-23/h22-27,29-32,40H,7-21H2,1-6H3/t22-,24?,25+,26?,27?,29+,30+,31?,32+,34?,35-,36?,37?/m1/s1. The monoisotopic (exact) mass is 661 g/mol. The van der Waals surface area contributed by atoms with Gasteiger partial charge in [-0.3, -0.25) is 4.79 Å². The van der Waals surface area contributed by atoms with Gasteiger partial charge in [0.05, 0.1) is 43.3 Å². The number of fused-ring (bicyclic) bond motifs is 4. The van der Waals surface area contributed by atoms with E-state index in [-0.39, 0.29) is 63.8 Å². The van der Waals surface area contributed by atoms with E-state index >= 15 is 0 Å². The molecule has 2 aliphatic heterocycles. The van der Waals surface area contributed by atoms with Crippen LogP contribution < -0.4 is 0 Å². The molecular formula is C37H59NO7S. The van der Waals surface area contributed by atoms with Gasteiger partial charge in [0.2, 0.25) is 5.91 Å². The zero-order valence-corrected chi connectivity index (χ0v) is 29.9. The first-order chi connectivity index (χ1) is 21.6. The summed E-state index contributed by atoms with van der Waals surface area (Å²) in [5.41, 5.74) is 0.256. The topological polar surface area (TPSA) is 102 Å². The normalized spacial score (nSPS) is 52.5. The van der Waals surface area contributed by atoms with Gasteiger partial charge in [-0.2, -0.15) is 0 Å². The highest BCUT2D eigenvalue weighted by Crippen LogP contribution is 2.89. The molecule has 2 heterocycles. The first-order valence-corrected chi connectivity index (χ1v) is 20.7. The number of aliphatic hydroxyl groups excluding tert-OH is 1. The predicted octanol–water partition coefficient (Wildman–Crippen LogP) is 5.21. The fourth-order valence-corrected chi connectivity index (χ4v) is 14.8. The molecule has 6 saturated carbocycles. The van der Waals surface area contributed by atoms with Gasteiger partial charge in [-0.05, 0) is 115 Å². The number of nitrogens with zero attached hydrogens (tertiary/aromatic N) is 1. The van der Waals surface area contributed by atoms with Crippen LogP contribution in [0.2, 0.25) is 0 Å². The third-order valence-electron chi connectivity index (χ3n) is 16.2. The number of ether oxygens (including phenoxy) is 3. The van der Waals surface area contributed by atoms with Gasteiger partial charge in [0.15, 0.2) is 6.29 Å². The Bertz CT molecular complexity index is 1360. The van der Waals surface area contributed by atoms with Crippen molar-refractivity contribution in [2.24, 2.45) is 56.7 Å². The van der Waals surface area contributed by atoms with Gasteiger partial charge in [0.25, 0.3) is 0 Å². The lowest BCUT2D eigenvalue weighted by Crippen LogP contribution is -2.60. The number of hydrogen-bond donors (Lipinski definition) is 1. The third-order valence-corrected chi connectivity index (χ3v) is 17.1. The van der Waals surface area contributed by atoms with Crippen molar-refractivity contribution in [3.8, 4) is 0 Å². The summed E-state index contributed by atoms with van der Waals surface area (Å²) in [6, 6.07) is 0. The average molecular weight is 662 g/mol. The Hall–Kier alpha value is -0.740. The minimum atomic E-state index is -3.16. The minimum absolute atomic E-state index is 0.00317. The molecule has 8 fully saturated rings. The van der Waals surface area contributed by atoms with E-state index in [2.05, 4.69) is 34.6 Å². The third kappa shape index (κ3) is 4.48. The molecule has 0 aromatic carbocycles. The summed E-state index contributed by atoms with van der Waals surface area (Å²) in [5.74, 6) is 2.47. The molecule has 260 valence electrons. The predicted molar refractivity (Wildman–Crippen MR) is 174 cm³/mol. The van der Waals surface area contributed by atoms with Gasteiger partial charge in [0.1, 0.15) is 9.84 Å². The van der Waals surface area contributed by atoms with Crippen molar-refractivity contribution in [2.75, 3.05) is 31.7 Å². The Balaban J connectivity index is 1.01. The summed E-state index contributed by atoms with van der Waals surface area (Å²) >= 11 is 0.